The molecule has 0 aliphatic rings. The molecule has 0 aromatic heterocycles. The van der Waals surface area contributed by atoms with E-state index in [1.54, 1.807) is 18.9 Å². The maximum Gasteiger partial charge on any atom is 0.261 e. The number of benzene rings is 2. The Morgan fingerprint density at radius 2 is 1.68 bits per heavy atom. The minimum atomic E-state index is -0.638. The Morgan fingerprint density at radius 1 is 1.03 bits per heavy atom. The third kappa shape index (κ3) is 6.74. The number of rotatable bonds is 9. The Balaban J connectivity index is 2.21. The third-order valence-corrected chi connectivity index (χ3v) is 5.23. The van der Waals surface area contributed by atoms with E-state index < -0.39 is 6.04 Å². The highest BCUT2D eigenvalue weighted by Crippen LogP contribution is 2.23. The molecule has 0 heterocycles. The van der Waals surface area contributed by atoms with Crippen LogP contribution in [-0.4, -0.2) is 42.5 Å². The normalized spacial score (nSPS) is 11.7. The molecule has 2 aromatic carbocycles. The van der Waals surface area contributed by atoms with E-state index in [9.17, 15) is 9.59 Å². The summed E-state index contributed by atoms with van der Waals surface area (Å²) in [6.45, 7) is 11.7. The molecule has 0 aliphatic carbocycles. The van der Waals surface area contributed by atoms with Crippen molar-refractivity contribution in [1.82, 2.24) is 10.2 Å². The lowest BCUT2D eigenvalue weighted by Gasteiger charge is -2.29. The van der Waals surface area contributed by atoms with Gasteiger partial charge in [0.25, 0.3) is 5.91 Å². The number of amides is 2. The Hall–Kier alpha value is -3.02. The van der Waals surface area contributed by atoms with Gasteiger partial charge in [-0.25, -0.2) is 0 Å². The largest absolute Gasteiger partial charge is 0.497 e. The molecule has 2 rings (SSSR count). The Morgan fingerprint density at radius 3 is 2.26 bits per heavy atom. The molecule has 31 heavy (non-hydrogen) atoms. The number of ether oxygens (including phenoxy) is 2. The molecule has 6 nitrogen and oxygen atoms in total. The number of carbonyl (C=O) groups is 2. The van der Waals surface area contributed by atoms with Gasteiger partial charge in [-0.15, -0.1) is 0 Å². The van der Waals surface area contributed by atoms with Crippen LogP contribution in [0, 0.1) is 20.8 Å². The van der Waals surface area contributed by atoms with Gasteiger partial charge in [-0.1, -0.05) is 18.2 Å². The van der Waals surface area contributed by atoms with E-state index in [0.29, 0.717) is 12.3 Å². The summed E-state index contributed by atoms with van der Waals surface area (Å²) >= 11 is 0. The molecule has 1 atom stereocenters. The van der Waals surface area contributed by atoms with E-state index in [1.807, 2.05) is 65.0 Å². The average molecular weight is 427 g/mol. The second kappa shape index (κ2) is 10.8. The van der Waals surface area contributed by atoms with Gasteiger partial charge in [0.05, 0.1) is 7.11 Å². The Bertz CT molecular complexity index is 906. The van der Waals surface area contributed by atoms with Crippen LogP contribution in [0.3, 0.4) is 0 Å². The first kappa shape index (κ1) is 24.3. The first-order chi connectivity index (χ1) is 14.6. The zero-order valence-electron chi connectivity index (χ0n) is 19.6. The van der Waals surface area contributed by atoms with E-state index in [0.717, 1.165) is 28.0 Å². The average Bonchev–Trinajstić information content (AvgIpc) is 2.72. The molecular weight excluding hydrogens is 392 g/mol. The lowest BCUT2D eigenvalue weighted by atomic mass is 10.1. The summed E-state index contributed by atoms with van der Waals surface area (Å²) < 4.78 is 11.1. The molecule has 0 bridgehead atoms. The van der Waals surface area contributed by atoms with Crippen LogP contribution in [0.15, 0.2) is 36.4 Å². The van der Waals surface area contributed by atoms with Gasteiger partial charge in [0.2, 0.25) is 5.91 Å². The summed E-state index contributed by atoms with van der Waals surface area (Å²) in [5, 5.41) is 2.89. The number of methoxy groups -OCH3 is 1. The number of aryl methyl sites for hydroxylation is 2. The topological polar surface area (TPSA) is 67.9 Å². The van der Waals surface area contributed by atoms with Crippen molar-refractivity contribution in [3.05, 3.63) is 58.7 Å². The molecule has 2 aromatic rings. The summed E-state index contributed by atoms with van der Waals surface area (Å²) in [5.74, 6) is 0.982. The van der Waals surface area contributed by atoms with Crippen LogP contribution in [0.25, 0.3) is 0 Å². The second-order valence-corrected chi connectivity index (χ2v) is 8.20. The van der Waals surface area contributed by atoms with Gasteiger partial charge in [0, 0.05) is 12.6 Å². The zero-order chi connectivity index (χ0) is 23.1. The van der Waals surface area contributed by atoms with Crippen molar-refractivity contribution in [2.75, 3.05) is 13.7 Å². The molecule has 1 N–H and O–H groups in total. The van der Waals surface area contributed by atoms with Crippen LogP contribution in [0.5, 0.6) is 11.5 Å². The number of nitrogens with one attached hydrogen (secondary N) is 1. The first-order valence-corrected chi connectivity index (χ1v) is 10.6. The fourth-order valence-corrected chi connectivity index (χ4v) is 3.29. The number of hydrogen-bond donors (Lipinski definition) is 1. The molecule has 0 fully saturated rings. The van der Waals surface area contributed by atoms with Gasteiger partial charge in [-0.3, -0.25) is 9.59 Å². The molecule has 168 valence electrons. The summed E-state index contributed by atoms with van der Waals surface area (Å²) in [6.07, 6.45) is 0. The zero-order valence-corrected chi connectivity index (χ0v) is 19.6. The fourth-order valence-electron chi connectivity index (χ4n) is 3.29. The van der Waals surface area contributed by atoms with Crippen molar-refractivity contribution in [2.24, 2.45) is 0 Å². The molecule has 0 spiro atoms. The predicted molar refractivity (Wildman–Crippen MR) is 122 cm³/mol. The molecule has 2 amide bonds. The maximum absolute atomic E-state index is 13.2. The molecule has 0 unspecified atom stereocenters. The molecule has 0 saturated heterocycles. The van der Waals surface area contributed by atoms with Crippen molar-refractivity contribution < 1.29 is 19.1 Å². The Labute approximate surface area is 185 Å². The van der Waals surface area contributed by atoms with E-state index in [4.69, 9.17) is 9.47 Å². The number of nitrogens with zero attached hydrogens (tertiary/aromatic N) is 1. The molecule has 0 aliphatic heterocycles. The van der Waals surface area contributed by atoms with Gasteiger partial charge >= 0.3 is 0 Å². The van der Waals surface area contributed by atoms with E-state index in [2.05, 4.69) is 11.4 Å². The molecule has 6 heteroatoms. The van der Waals surface area contributed by atoms with Gasteiger partial charge in [-0.05, 0) is 82.0 Å². The van der Waals surface area contributed by atoms with E-state index in [1.165, 1.54) is 0 Å². The van der Waals surface area contributed by atoms with Crippen molar-refractivity contribution in [1.29, 1.82) is 0 Å². The maximum atomic E-state index is 13.2. The number of carbonyl (C=O) groups excluding carboxylic acids is 2. The van der Waals surface area contributed by atoms with E-state index >= 15 is 0 Å². The van der Waals surface area contributed by atoms with Gasteiger partial charge in [0.1, 0.15) is 17.5 Å². The van der Waals surface area contributed by atoms with Crippen molar-refractivity contribution in [3.63, 3.8) is 0 Å². The van der Waals surface area contributed by atoms with Crippen molar-refractivity contribution in [2.45, 2.75) is 60.2 Å². The van der Waals surface area contributed by atoms with Crippen LogP contribution in [-0.2, 0) is 16.1 Å². The lowest BCUT2D eigenvalue weighted by molar-refractivity contribution is -0.142. The lowest BCUT2D eigenvalue weighted by Crippen LogP contribution is -2.50. The van der Waals surface area contributed by atoms with Crippen LogP contribution in [0.4, 0.5) is 0 Å². The standard InChI is InChI=1S/C25H34N2O4/c1-16(2)26-25(29)20(6)27(14-21-8-10-22(30-7)11-9-21)24(28)15-31-23-13-17(3)12-18(4)19(23)5/h8-13,16,20H,14-15H2,1-7H3,(H,26,29)/t20-/m1/s1. The van der Waals surface area contributed by atoms with Gasteiger partial charge < -0.3 is 19.7 Å². The van der Waals surface area contributed by atoms with Crippen molar-refractivity contribution in [3.8, 4) is 11.5 Å². The van der Waals surface area contributed by atoms with Crippen LogP contribution < -0.4 is 14.8 Å². The van der Waals surface area contributed by atoms with Crippen molar-refractivity contribution >= 4 is 11.8 Å². The third-order valence-electron chi connectivity index (χ3n) is 5.23. The van der Waals surface area contributed by atoms with Crippen LogP contribution in [0.2, 0.25) is 0 Å². The summed E-state index contributed by atoms with van der Waals surface area (Å²) in [4.78, 5) is 27.3. The Kier molecular flexibility index (Phi) is 8.48. The quantitative estimate of drug-likeness (QED) is 0.659. The summed E-state index contributed by atoms with van der Waals surface area (Å²) in [7, 11) is 1.61. The first-order valence-electron chi connectivity index (χ1n) is 10.6. The minimum Gasteiger partial charge on any atom is -0.497 e. The molecule has 0 radical (unpaired) electrons. The van der Waals surface area contributed by atoms with Crippen LogP contribution in [0.1, 0.15) is 43.0 Å². The van der Waals surface area contributed by atoms with E-state index in [-0.39, 0.29) is 24.5 Å². The fraction of sp³-hybridized carbons (Fsp3) is 0.440. The highest BCUT2D eigenvalue weighted by Gasteiger charge is 2.27. The molecular formula is C25H34N2O4. The molecule has 0 saturated carbocycles. The summed E-state index contributed by atoms with van der Waals surface area (Å²) in [5.41, 5.74) is 4.10. The number of hydrogen-bond acceptors (Lipinski definition) is 4. The highest BCUT2D eigenvalue weighted by molar-refractivity contribution is 5.88. The monoisotopic (exact) mass is 426 g/mol. The van der Waals surface area contributed by atoms with Gasteiger partial charge in [-0.2, -0.15) is 0 Å². The second-order valence-electron chi connectivity index (χ2n) is 8.20. The summed E-state index contributed by atoms with van der Waals surface area (Å²) in [6, 6.07) is 10.8. The highest BCUT2D eigenvalue weighted by atomic mass is 16.5. The SMILES string of the molecule is COc1ccc(CN(C(=O)COc2cc(C)cc(C)c2C)[C@H](C)C(=O)NC(C)C)cc1. The minimum absolute atomic E-state index is 0.0120. The van der Waals surface area contributed by atoms with Crippen LogP contribution >= 0.6 is 0 Å². The van der Waals surface area contributed by atoms with Gasteiger partial charge in [0.15, 0.2) is 6.61 Å². The predicted octanol–water partition coefficient (Wildman–Crippen LogP) is 3.94. The smallest absolute Gasteiger partial charge is 0.261 e.